The second kappa shape index (κ2) is 6.72. The summed E-state index contributed by atoms with van der Waals surface area (Å²) in [6.07, 6.45) is 0. The van der Waals surface area contributed by atoms with Gasteiger partial charge in [0.15, 0.2) is 5.96 Å². The van der Waals surface area contributed by atoms with Crippen LogP contribution in [0.4, 0.5) is 11.4 Å². The molecule has 2 N–H and O–H groups in total. The molecule has 0 amide bonds. The molecule has 0 saturated heterocycles. The Kier molecular flexibility index (Phi) is 5.29. The van der Waals surface area contributed by atoms with Gasteiger partial charge in [0.2, 0.25) is 0 Å². The van der Waals surface area contributed by atoms with Crippen molar-refractivity contribution >= 4 is 17.3 Å². The highest BCUT2D eigenvalue weighted by atomic mass is 16.6. The Balaban J connectivity index is 2.90. The second-order valence-corrected chi connectivity index (χ2v) is 4.80. The van der Waals surface area contributed by atoms with Crippen LogP contribution in [0.15, 0.2) is 29.3 Å². The molecule has 0 saturated carbocycles. The Morgan fingerprint density at radius 2 is 2.00 bits per heavy atom. The topological polar surface area (TPSA) is 79.6 Å². The molecular weight excluding hydrogens is 244 g/mol. The minimum Gasteiger partial charge on any atom is -0.354 e. The highest BCUT2D eigenvalue weighted by Gasteiger charge is 2.08. The SMILES string of the molecule is CC(C)N=C(Nc1cccc([N+](=O)[O-])c1)NC(C)C. The molecule has 0 bridgehead atoms. The zero-order valence-corrected chi connectivity index (χ0v) is 11.7. The Morgan fingerprint density at radius 3 is 2.53 bits per heavy atom. The monoisotopic (exact) mass is 264 g/mol. The summed E-state index contributed by atoms with van der Waals surface area (Å²) in [5, 5.41) is 17.0. The van der Waals surface area contributed by atoms with Gasteiger partial charge in [-0.25, -0.2) is 0 Å². The Morgan fingerprint density at radius 1 is 1.32 bits per heavy atom. The maximum atomic E-state index is 10.7. The highest BCUT2D eigenvalue weighted by molar-refractivity contribution is 5.94. The summed E-state index contributed by atoms with van der Waals surface area (Å²) in [7, 11) is 0. The minimum absolute atomic E-state index is 0.0541. The number of nitro benzene ring substituents is 1. The molecule has 6 nitrogen and oxygen atoms in total. The van der Waals surface area contributed by atoms with E-state index in [2.05, 4.69) is 15.6 Å². The van der Waals surface area contributed by atoms with Crippen LogP contribution in [-0.2, 0) is 0 Å². The van der Waals surface area contributed by atoms with Crippen molar-refractivity contribution in [1.29, 1.82) is 0 Å². The van der Waals surface area contributed by atoms with E-state index in [4.69, 9.17) is 0 Å². The molecule has 0 radical (unpaired) electrons. The first-order chi connectivity index (χ1) is 8.88. The van der Waals surface area contributed by atoms with Gasteiger partial charge in [0.1, 0.15) is 0 Å². The summed E-state index contributed by atoms with van der Waals surface area (Å²) in [6.45, 7) is 7.95. The van der Waals surface area contributed by atoms with Crippen LogP contribution >= 0.6 is 0 Å². The lowest BCUT2D eigenvalue weighted by molar-refractivity contribution is -0.384. The molecule has 0 unspecified atom stereocenters. The zero-order chi connectivity index (χ0) is 14.4. The molecule has 0 aromatic heterocycles. The van der Waals surface area contributed by atoms with E-state index < -0.39 is 4.92 Å². The molecule has 1 aromatic carbocycles. The fourth-order valence-corrected chi connectivity index (χ4v) is 1.47. The first kappa shape index (κ1) is 14.9. The Bertz CT molecular complexity index is 469. The summed E-state index contributed by atoms with van der Waals surface area (Å²) in [5.74, 6) is 0.616. The van der Waals surface area contributed by atoms with Crippen LogP contribution in [0.1, 0.15) is 27.7 Å². The van der Waals surface area contributed by atoms with Crippen LogP contribution < -0.4 is 10.6 Å². The van der Waals surface area contributed by atoms with Crippen molar-refractivity contribution in [3.63, 3.8) is 0 Å². The molecule has 104 valence electrons. The van der Waals surface area contributed by atoms with Crippen molar-refractivity contribution in [3.05, 3.63) is 34.4 Å². The minimum atomic E-state index is -0.416. The quantitative estimate of drug-likeness (QED) is 0.379. The van der Waals surface area contributed by atoms with Crippen LogP contribution in [0.5, 0.6) is 0 Å². The molecule has 6 heteroatoms. The standard InChI is InChI=1S/C13H20N4O2/c1-9(2)14-13(15-10(3)4)16-11-6-5-7-12(8-11)17(18)19/h5-10H,1-4H3,(H2,14,15,16). The molecule has 0 aliphatic carbocycles. The van der Waals surface area contributed by atoms with Gasteiger partial charge >= 0.3 is 0 Å². The summed E-state index contributed by atoms with van der Waals surface area (Å²) in [6, 6.07) is 6.71. The number of rotatable bonds is 4. The maximum absolute atomic E-state index is 10.7. The number of non-ortho nitro benzene ring substituents is 1. The highest BCUT2D eigenvalue weighted by Crippen LogP contribution is 2.16. The van der Waals surface area contributed by atoms with E-state index in [0.29, 0.717) is 11.6 Å². The number of aliphatic imine (C=N–C) groups is 1. The van der Waals surface area contributed by atoms with Crippen LogP contribution in [0.2, 0.25) is 0 Å². The summed E-state index contributed by atoms with van der Waals surface area (Å²) >= 11 is 0. The maximum Gasteiger partial charge on any atom is 0.271 e. The van der Waals surface area contributed by atoms with E-state index in [1.165, 1.54) is 12.1 Å². The molecule has 0 heterocycles. The van der Waals surface area contributed by atoms with Gasteiger partial charge in [0.05, 0.1) is 4.92 Å². The number of nitrogens with zero attached hydrogens (tertiary/aromatic N) is 2. The lowest BCUT2D eigenvalue weighted by Crippen LogP contribution is -2.36. The van der Waals surface area contributed by atoms with Crippen molar-refractivity contribution < 1.29 is 4.92 Å². The lowest BCUT2D eigenvalue weighted by atomic mass is 10.3. The molecule has 0 atom stereocenters. The lowest BCUT2D eigenvalue weighted by Gasteiger charge is -2.16. The van der Waals surface area contributed by atoms with Gasteiger partial charge in [-0.3, -0.25) is 15.1 Å². The molecule has 0 fully saturated rings. The first-order valence-corrected chi connectivity index (χ1v) is 6.24. The van der Waals surface area contributed by atoms with E-state index in [9.17, 15) is 10.1 Å². The summed E-state index contributed by atoms with van der Waals surface area (Å²) in [4.78, 5) is 14.7. The Labute approximate surface area is 113 Å². The molecular formula is C13H20N4O2. The predicted molar refractivity (Wildman–Crippen MR) is 77.6 cm³/mol. The van der Waals surface area contributed by atoms with Crippen molar-refractivity contribution in [3.8, 4) is 0 Å². The largest absolute Gasteiger partial charge is 0.354 e. The average Bonchev–Trinajstić information content (AvgIpc) is 2.27. The third-order valence-electron chi connectivity index (χ3n) is 2.13. The van der Waals surface area contributed by atoms with Gasteiger partial charge in [-0.15, -0.1) is 0 Å². The second-order valence-electron chi connectivity index (χ2n) is 4.80. The summed E-state index contributed by atoms with van der Waals surface area (Å²) < 4.78 is 0. The number of hydrogen-bond acceptors (Lipinski definition) is 3. The van der Waals surface area contributed by atoms with Crippen molar-refractivity contribution in [2.45, 2.75) is 39.8 Å². The molecule has 0 aliphatic heterocycles. The number of nitro groups is 1. The van der Waals surface area contributed by atoms with E-state index in [1.807, 2.05) is 27.7 Å². The van der Waals surface area contributed by atoms with Crippen molar-refractivity contribution in [1.82, 2.24) is 5.32 Å². The molecule has 0 aliphatic rings. The number of benzene rings is 1. The molecule has 0 spiro atoms. The van der Waals surface area contributed by atoms with E-state index in [0.717, 1.165) is 0 Å². The van der Waals surface area contributed by atoms with E-state index in [1.54, 1.807) is 12.1 Å². The third-order valence-corrected chi connectivity index (χ3v) is 2.13. The van der Waals surface area contributed by atoms with Crippen molar-refractivity contribution in [2.75, 3.05) is 5.32 Å². The van der Waals surface area contributed by atoms with Crippen molar-refractivity contribution in [2.24, 2.45) is 4.99 Å². The van der Waals surface area contributed by atoms with Crippen LogP contribution in [0.25, 0.3) is 0 Å². The van der Waals surface area contributed by atoms with Gasteiger partial charge in [-0.2, -0.15) is 0 Å². The zero-order valence-electron chi connectivity index (χ0n) is 11.7. The smallest absolute Gasteiger partial charge is 0.271 e. The molecule has 1 rings (SSSR count). The van der Waals surface area contributed by atoms with Crippen LogP contribution in [-0.4, -0.2) is 23.0 Å². The molecule has 1 aromatic rings. The van der Waals surface area contributed by atoms with Crippen LogP contribution in [0.3, 0.4) is 0 Å². The summed E-state index contributed by atoms with van der Waals surface area (Å²) in [5.41, 5.74) is 0.695. The number of nitrogens with one attached hydrogen (secondary N) is 2. The molecule has 19 heavy (non-hydrogen) atoms. The first-order valence-electron chi connectivity index (χ1n) is 6.24. The fourth-order valence-electron chi connectivity index (χ4n) is 1.47. The van der Waals surface area contributed by atoms with E-state index >= 15 is 0 Å². The Hall–Kier alpha value is -2.11. The normalized spacial score (nSPS) is 11.8. The van der Waals surface area contributed by atoms with Gasteiger partial charge in [-0.1, -0.05) is 6.07 Å². The number of anilines is 1. The van der Waals surface area contributed by atoms with Crippen LogP contribution in [0, 0.1) is 10.1 Å². The number of guanidine groups is 1. The average molecular weight is 264 g/mol. The number of hydrogen-bond donors (Lipinski definition) is 2. The third kappa shape index (κ3) is 5.37. The van der Waals surface area contributed by atoms with Gasteiger partial charge < -0.3 is 10.6 Å². The van der Waals surface area contributed by atoms with Gasteiger partial charge in [-0.05, 0) is 33.8 Å². The van der Waals surface area contributed by atoms with E-state index in [-0.39, 0.29) is 17.8 Å². The van der Waals surface area contributed by atoms with Gasteiger partial charge in [0.25, 0.3) is 5.69 Å². The fraction of sp³-hybridized carbons (Fsp3) is 0.462. The predicted octanol–water partition coefficient (Wildman–Crippen LogP) is 2.77. The van der Waals surface area contributed by atoms with Gasteiger partial charge in [0, 0.05) is 29.9 Å².